The highest BCUT2D eigenvalue weighted by Crippen LogP contribution is 2.33. The van der Waals surface area contributed by atoms with E-state index < -0.39 is 4.92 Å². The SMILES string of the molecule is O=[N+]([O-])c1ccc(Oc2cccc(-n3cc(-c4ccccc4)nn3)c2)c2nonc12. The molecule has 2 heterocycles. The van der Waals surface area contributed by atoms with Crippen molar-refractivity contribution in [1.29, 1.82) is 0 Å². The van der Waals surface area contributed by atoms with Crippen molar-refractivity contribution < 1.29 is 14.3 Å². The first kappa shape index (κ1) is 17.5. The summed E-state index contributed by atoms with van der Waals surface area (Å²) in [5.74, 6) is 0.778. The fourth-order valence-electron chi connectivity index (χ4n) is 3.01. The molecule has 0 atom stereocenters. The molecule has 0 aliphatic rings. The van der Waals surface area contributed by atoms with Gasteiger partial charge in [0.15, 0.2) is 11.3 Å². The van der Waals surface area contributed by atoms with Crippen molar-refractivity contribution in [1.82, 2.24) is 25.3 Å². The summed E-state index contributed by atoms with van der Waals surface area (Å²) in [6.07, 6.45) is 1.82. The molecule has 5 aromatic rings. The Bertz CT molecular complexity index is 1360. The molecular weight excluding hydrogens is 388 g/mol. The van der Waals surface area contributed by atoms with Crippen molar-refractivity contribution in [3.05, 3.63) is 83.0 Å². The number of nitrogens with zero attached hydrogens (tertiary/aromatic N) is 6. The summed E-state index contributed by atoms with van der Waals surface area (Å²) in [4.78, 5) is 10.6. The van der Waals surface area contributed by atoms with Gasteiger partial charge in [0.05, 0.1) is 16.8 Å². The Kier molecular flexibility index (Phi) is 4.14. The van der Waals surface area contributed by atoms with E-state index in [1.54, 1.807) is 22.9 Å². The van der Waals surface area contributed by atoms with Crippen molar-refractivity contribution in [2.24, 2.45) is 0 Å². The Hall–Kier alpha value is -4.60. The fraction of sp³-hybridized carbons (Fsp3) is 0. The Labute approximate surface area is 168 Å². The van der Waals surface area contributed by atoms with Gasteiger partial charge in [0.1, 0.15) is 11.4 Å². The molecule has 0 aliphatic heterocycles. The molecule has 0 radical (unpaired) electrons. The second-order valence-electron chi connectivity index (χ2n) is 6.32. The van der Waals surface area contributed by atoms with Gasteiger partial charge in [-0.25, -0.2) is 9.31 Å². The molecule has 0 N–H and O–H groups in total. The van der Waals surface area contributed by atoms with Gasteiger partial charge in [-0.05, 0) is 28.5 Å². The lowest BCUT2D eigenvalue weighted by Gasteiger charge is -2.07. The standard InChI is InChI=1S/C20H12N6O4/c27-26(28)17-9-10-18(20-19(17)22-30-23-20)29-15-8-4-7-14(11-15)25-12-16(21-24-25)13-5-2-1-3-6-13/h1-12H. The number of nitro benzene ring substituents is 1. The van der Waals surface area contributed by atoms with E-state index in [4.69, 9.17) is 4.74 Å². The molecule has 0 spiro atoms. The van der Waals surface area contributed by atoms with E-state index in [9.17, 15) is 10.1 Å². The van der Waals surface area contributed by atoms with Crippen LogP contribution in [0.4, 0.5) is 5.69 Å². The van der Waals surface area contributed by atoms with E-state index in [1.165, 1.54) is 12.1 Å². The van der Waals surface area contributed by atoms with Crippen LogP contribution in [0.15, 0.2) is 77.6 Å². The van der Waals surface area contributed by atoms with Crippen LogP contribution in [0.5, 0.6) is 11.5 Å². The first-order chi connectivity index (χ1) is 14.7. The van der Waals surface area contributed by atoms with E-state index >= 15 is 0 Å². The van der Waals surface area contributed by atoms with Crippen LogP contribution < -0.4 is 4.74 Å². The number of rotatable bonds is 5. The highest BCUT2D eigenvalue weighted by atomic mass is 16.6. The summed E-state index contributed by atoms with van der Waals surface area (Å²) >= 11 is 0. The smallest absolute Gasteiger partial charge is 0.301 e. The average molecular weight is 400 g/mol. The third-order valence-electron chi connectivity index (χ3n) is 4.43. The van der Waals surface area contributed by atoms with E-state index in [0.717, 1.165) is 16.9 Å². The molecule has 0 unspecified atom stereocenters. The molecule has 0 fully saturated rings. The lowest BCUT2D eigenvalue weighted by Crippen LogP contribution is -1.96. The Morgan fingerprint density at radius 1 is 0.967 bits per heavy atom. The van der Waals surface area contributed by atoms with E-state index in [-0.39, 0.29) is 22.5 Å². The van der Waals surface area contributed by atoms with Crippen LogP contribution in [0.3, 0.4) is 0 Å². The minimum absolute atomic E-state index is 0.0254. The first-order valence-electron chi connectivity index (χ1n) is 8.85. The largest absolute Gasteiger partial charge is 0.455 e. The van der Waals surface area contributed by atoms with Crippen LogP contribution >= 0.6 is 0 Å². The maximum absolute atomic E-state index is 11.1. The zero-order valence-corrected chi connectivity index (χ0v) is 15.2. The van der Waals surface area contributed by atoms with Gasteiger partial charge in [0, 0.05) is 17.7 Å². The summed E-state index contributed by atoms with van der Waals surface area (Å²) in [7, 11) is 0. The number of nitro groups is 1. The minimum Gasteiger partial charge on any atom is -0.455 e. The van der Waals surface area contributed by atoms with Crippen LogP contribution in [-0.2, 0) is 0 Å². The predicted octanol–water partition coefficient (Wildman–Crippen LogP) is 4.17. The molecule has 146 valence electrons. The molecule has 0 saturated heterocycles. The van der Waals surface area contributed by atoms with E-state index in [2.05, 4.69) is 25.3 Å². The third-order valence-corrected chi connectivity index (χ3v) is 4.43. The molecule has 30 heavy (non-hydrogen) atoms. The maximum atomic E-state index is 11.1. The molecule has 5 rings (SSSR count). The molecule has 2 aromatic heterocycles. The van der Waals surface area contributed by atoms with Gasteiger partial charge < -0.3 is 4.74 Å². The summed E-state index contributed by atoms with van der Waals surface area (Å²) in [6, 6.07) is 19.7. The monoisotopic (exact) mass is 400 g/mol. The first-order valence-corrected chi connectivity index (χ1v) is 8.85. The van der Waals surface area contributed by atoms with Gasteiger partial charge >= 0.3 is 5.69 Å². The van der Waals surface area contributed by atoms with Crippen molar-refractivity contribution in [3.8, 4) is 28.4 Å². The quantitative estimate of drug-likeness (QED) is 0.318. The number of hydrogen-bond acceptors (Lipinski definition) is 8. The molecule has 0 saturated carbocycles. The van der Waals surface area contributed by atoms with Crippen LogP contribution in [0.1, 0.15) is 0 Å². The Morgan fingerprint density at radius 3 is 2.63 bits per heavy atom. The maximum Gasteiger partial charge on any atom is 0.301 e. The highest BCUT2D eigenvalue weighted by molar-refractivity contribution is 5.88. The second kappa shape index (κ2) is 7.09. The lowest BCUT2D eigenvalue weighted by molar-refractivity contribution is -0.383. The van der Waals surface area contributed by atoms with E-state index in [1.807, 2.05) is 42.6 Å². The van der Waals surface area contributed by atoms with Gasteiger partial charge in [-0.3, -0.25) is 10.1 Å². The fourth-order valence-corrected chi connectivity index (χ4v) is 3.01. The summed E-state index contributed by atoms with van der Waals surface area (Å²) in [6.45, 7) is 0. The summed E-state index contributed by atoms with van der Waals surface area (Å²) in [5, 5.41) is 26.9. The molecule has 3 aromatic carbocycles. The topological polar surface area (TPSA) is 122 Å². The van der Waals surface area contributed by atoms with Crippen molar-refractivity contribution in [2.45, 2.75) is 0 Å². The lowest BCUT2D eigenvalue weighted by atomic mass is 10.2. The zero-order chi connectivity index (χ0) is 20.5. The average Bonchev–Trinajstić information content (AvgIpc) is 3.45. The normalized spacial score (nSPS) is 10.9. The second-order valence-corrected chi connectivity index (χ2v) is 6.32. The number of aromatic nitrogens is 5. The third kappa shape index (κ3) is 3.11. The molecule has 10 nitrogen and oxygen atoms in total. The van der Waals surface area contributed by atoms with Crippen molar-refractivity contribution >= 4 is 16.7 Å². The summed E-state index contributed by atoms with van der Waals surface area (Å²) < 4.78 is 12.2. The molecule has 0 amide bonds. The van der Waals surface area contributed by atoms with Gasteiger partial charge in [-0.15, -0.1) is 5.10 Å². The number of benzene rings is 3. The minimum atomic E-state index is -0.550. The molecule has 0 aliphatic carbocycles. The molecule has 10 heteroatoms. The number of hydrogen-bond donors (Lipinski definition) is 0. The van der Waals surface area contributed by atoms with Gasteiger partial charge in [0.2, 0.25) is 5.52 Å². The number of fused-ring (bicyclic) bond motifs is 1. The van der Waals surface area contributed by atoms with Crippen molar-refractivity contribution in [3.63, 3.8) is 0 Å². The Morgan fingerprint density at radius 2 is 1.80 bits per heavy atom. The van der Waals surface area contributed by atoms with Gasteiger partial charge in [-0.1, -0.05) is 41.6 Å². The zero-order valence-electron chi connectivity index (χ0n) is 15.2. The van der Waals surface area contributed by atoms with Crippen LogP contribution in [-0.4, -0.2) is 30.2 Å². The Balaban J connectivity index is 1.46. The number of ether oxygens (including phenoxy) is 1. The molecular formula is C20H12N6O4. The van der Waals surface area contributed by atoms with Gasteiger partial charge in [0.25, 0.3) is 0 Å². The van der Waals surface area contributed by atoms with Crippen LogP contribution in [0.2, 0.25) is 0 Å². The summed E-state index contributed by atoms with van der Waals surface area (Å²) in [5.41, 5.74) is 2.43. The van der Waals surface area contributed by atoms with Crippen LogP contribution in [0.25, 0.3) is 28.0 Å². The van der Waals surface area contributed by atoms with E-state index in [0.29, 0.717) is 5.75 Å². The molecule has 0 bridgehead atoms. The number of non-ortho nitro benzene ring substituents is 1. The van der Waals surface area contributed by atoms with Gasteiger partial charge in [-0.2, -0.15) is 0 Å². The van der Waals surface area contributed by atoms with Crippen LogP contribution in [0, 0.1) is 10.1 Å². The predicted molar refractivity (Wildman–Crippen MR) is 105 cm³/mol. The van der Waals surface area contributed by atoms with Crippen molar-refractivity contribution in [2.75, 3.05) is 0 Å². The highest BCUT2D eigenvalue weighted by Gasteiger charge is 2.20.